The van der Waals surface area contributed by atoms with Crippen molar-refractivity contribution in [1.29, 1.82) is 15.8 Å². The van der Waals surface area contributed by atoms with Crippen molar-refractivity contribution < 1.29 is 30.4 Å². The molecule has 2 aliphatic heterocycles. The number of rotatable bonds is 15. The van der Waals surface area contributed by atoms with Gasteiger partial charge in [-0.15, -0.1) is 10.2 Å². The highest BCUT2D eigenvalue weighted by Gasteiger charge is 2.27. The van der Waals surface area contributed by atoms with E-state index in [2.05, 4.69) is 121 Å². The second-order valence-electron chi connectivity index (χ2n) is 25.9. The van der Waals surface area contributed by atoms with Crippen molar-refractivity contribution in [2.24, 2.45) is 0 Å². The molecular weight excluding hydrogens is 1260 g/mol. The van der Waals surface area contributed by atoms with Gasteiger partial charge in [0, 0.05) is 104 Å². The van der Waals surface area contributed by atoms with Crippen molar-refractivity contribution in [3.8, 4) is 126 Å². The quantitative estimate of drug-likeness (QED) is 0.0740. The summed E-state index contributed by atoms with van der Waals surface area (Å²) in [4.78, 5) is 40.5. The molecule has 0 aliphatic carbocycles. The van der Waals surface area contributed by atoms with Crippen LogP contribution in [0.25, 0.3) is 102 Å². The minimum atomic E-state index is -0.730. The van der Waals surface area contributed by atoms with Crippen molar-refractivity contribution in [2.75, 3.05) is 25.5 Å². The maximum Gasteiger partial charge on any atom is 0.270 e. The number of nitriles is 3. The zero-order valence-corrected chi connectivity index (χ0v) is 56.5. The van der Waals surface area contributed by atoms with Crippen LogP contribution in [-0.4, -0.2) is 96.3 Å². The average Bonchev–Trinajstić information content (AvgIpc) is 1.79. The third-order valence-corrected chi connectivity index (χ3v) is 17.3. The summed E-state index contributed by atoms with van der Waals surface area (Å²) in [6.07, 6.45) is 13.1. The smallest absolute Gasteiger partial charge is 0.270 e. The Morgan fingerprint density at radius 1 is 0.540 bits per heavy atom. The Kier molecular flexibility index (Phi) is 19.9. The van der Waals surface area contributed by atoms with Gasteiger partial charge in [0.2, 0.25) is 5.89 Å². The SMILES string of the molecule is CC(C)(C#N)c1cc(-c2cnc(N)c(-c3nnc(-c4ccc5c(c4)CCNC5)o3)n2)ccn1.Cc1ncc(-c2ccnc(C(C)(C)C#N)c2)nc1-c1cc(-c2ccc(CNC3CCOCC3)cc2)no1.Cc1ncc(-c2ccnc(C(C)(C)C#N)c2)nc1-c1cc(-c2ccc(O)cc2)no1.[HH].[HH].[HH].[HH].[HH]. The number of hydrogen-bond acceptors (Lipinski definition) is 24. The maximum absolute atomic E-state index is 9.49. The molecule has 24 nitrogen and oxygen atoms in total. The number of ether oxygens (including phenoxy) is 1. The number of pyridine rings is 3. The van der Waals surface area contributed by atoms with E-state index in [1.54, 1.807) is 67.5 Å². The monoisotopic (exact) mass is 1340 g/mol. The minimum absolute atomic E-state index is 0. The number of fused-ring (bicyclic) bond motifs is 1. The third-order valence-electron chi connectivity index (χ3n) is 17.3. The number of nitrogens with two attached hydrogens (primary N) is 1. The summed E-state index contributed by atoms with van der Waals surface area (Å²) in [5.41, 5.74) is 21.1. The molecule has 2 aliphatic rings. The Bertz CT molecular complexity index is 5080. The first-order valence-corrected chi connectivity index (χ1v) is 32.5. The molecule has 24 heteroatoms. The van der Waals surface area contributed by atoms with Crippen molar-refractivity contribution in [1.82, 2.24) is 76.0 Å². The number of phenols is 1. The molecule has 0 bridgehead atoms. The number of hydrogen-bond donors (Lipinski definition) is 4. The van der Waals surface area contributed by atoms with Crippen LogP contribution in [0.5, 0.6) is 5.75 Å². The molecule has 100 heavy (non-hydrogen) atoms. The third kappa shape index (κ3) is 15.5. The fourth-order valence-corrected chi connectivity index (χ4v) is 11.0. The van der Waals surface area contributed by atoms with Gasteiger partial charge >= 0.3 is 0 Å². The number of aromatic nitrogens is 13. The molecule has 14 rings (SSSR count). The van der Waals surface area contributed by atoms with Crippen molar-refractivity contribution in [3.05, 3.63) is 198 Å². The van der Waals surface area contributed by atoms with Gasteiger partial charge in [-0.2, -0.15) is 15.8 Å². The Morgan fingerprint density at radius 3 is 1.52 bits per heavy atom. The molecule has 1 saturated heterocycles. The summed E-state index contributed by atoms with van der Waals surface area (Å²) >= 11 is 0. The van der Waals surface area contributed by atoms with Gasteiger partial charge in [0.1, 0.15) is 28.5 Å². The predicted molar refractivity (Wildman–Crippen MR) is 385 cm³/mol. The highest BCUT2D eigenvalue weighted by molar-refractivity contribution is 5.72. The number of aromatic hydroxyl groups is 1. The Hall–Kier alpha value is -12.1. The lowest BCUT2D eigenvalue weighted by molar-refractivity contribution is 0.0776. The first-order chi connectivity index (χ1) is 48.2. The van der Waals surface area contributed by atoms with Gasteiger partial charge in [0.05, 0.1) is 98.6 Å². The van der Waals surface area contributed by atoms with Gasteiger partial charge in [0.15, 0.2) is 23.0 Å². The number of nitrogens with one attached hydrogen (secondary N) is 2. The molecular formula is C76H81N19O5. The highest BCUT2D eigenvalue weighted by Crippen LogP contribution is 2.35. The second kappa shape index (κ2) is 29.3. The molecule has 0 radical (unpaired) electrons. The summed E-state index contributed by atoms with van der Waals surface area (Å²) in [7, 11) is 0. The number of anilines is 1. The largest absolute Gasteiger partial charge is 0.508 e. The van der Waals surface area contributed by atoms with E-state index in [-0.39, 0.29) is 24.6 Å². The molecule has 0 unspecified atom stereocenters. The first kappa shape index (κ1) is 67.8. The van der Waals surface area contributed by atoms with E-state index < -0.39 is 16.2 Å². The average molecular weight is 1340 g/mol. The topological polar surface area (TPSA) is 358 Å². The Labute approximate surface area is 585 Å². The zero-order valence-electron chi connectivity index (χ0n) is 56.5. The maximum atomic E-state index is 9.49. The van der Waals surface area contributed by atoms with E-state index in [4.69, 9.17) is 33.9 Å². The van der Waals surface area contributed by atoms with E-state index >= 15 is 0 Å². The van der Waals surface area contributed by atoms with Crippen LogP contribution in [-0.2, 0) is 40.5 Å². The molecule has 0 amide bonds. The normalized spacial score (nSPS) is 13.1. The molecule has 0 saturated carbocycles. The molecule has 0 atom stereocenters. The van der Waals surface area contributed by atoms with Crippen LogP contribution >= 0.6 is 0 Å². The fraction of sp³-hybridized carbons (Fsp3) is 0.263. The van der Waals surface area contributed by atoms with Gasteiger partial charge in [0.25, 0.3) is 5.89 Å². The van der Waals surface area contributed by atoms with Gasteiger partial charge in [-0.25, -0.2) is 19.9 Å². The van der Waals surface area contributed by atoms with Crippen molar-refractivity contribution in [3.63, 3.8) is 0 Å². The van der Waals surface area contributed by atoms with Crippen LogP contribution in [0.15, 0.2) is 166 Å². The van der Waals surface area contributed by atoms with E-state index in [0.29, 0.717) is 86.1 Å². The van der Waals surface area contributed by atoms with Gasteiger partial charge < -0.3 is 39.7 Å². The molecule has 0 spiro atoms. The van der Waals surface area contributed by atoms with Crippen molar-refractivity contribution >= 4 is 5.82 Å². The van der Waals surface area contributed by atoms with Crippen LogP contribution in [0.1, 0.15) is 107 Å². The molecule has 3 aromatic carbocycles. The van der Waals surface area contributed by atoms with E-state index in [9.17, 15) is 20.9 Å². The molecule has 11 heterocycles. The zero-order chi connectivity index (χ0) is 70.1. The number of aryl methyl sites for hydroxylation is 2. The Balaban J connectivity index is 0.000000216. The lowest BCUT2D eigenvalue weighted by Gasteiger charge is -2.23. The lowest BCUT2D eigenvalue weighted by Crippen LogP contribution is -2.34. The molecule has 510 valence electrons. The van der Waals surface area contributed by atoms with Gasteiger partial charge in [-0.1, -0.05) is 40.6 Å². The predicted octanol–water partition coefficient (Wildman–Crippen LogP) is 14.4. The number of nitrogen functional groups attached to an aromatic ring is 1. The number of nitrogens with zero attached hydrogens (tertiary/aromatic N) is 16. The van der Waals surface area contributed by atoms with Crippen LogP contribution in [0.4, 0.5) is 5.82 Å². The summed E-state index contributed by atoms with van der Waals surface area (Å²) in [5, 5.41) is 61.6. The van der Waals surface area contributed by atoms with Gasteiger partial charge in [-0.05, 0) is 171 Å². The van der Waals surface area contributed by atoms with Gasteiger partial charge in [-0.3, -0.25) is 24.9 Å². The van der Waals surface area contributed by atoms with E-state index in [0.717, 1.165) is 96.9 Å². The lowest BCUT2D eigenvalue weighted by atomic mass is 9.90. The van der Waals surface area contributed by atoms with E-state index in [1.165, 1.54) is 16.7 Å². The molecule has 12 aromatic rings. The summed E-state index contributed by atoms with van der Waals surface area (Å²) in [6, 6.07) is 43.3. The minimum Gasteiger partial charge on any atom is -0.508 e. The molecule has 1 fully saturated rings. The first-order valence-electron chi connectivity index (χ1n) is 32.5. The van der Waals surface area contributed by atoms with Crippen LogP contribution < -0.4 is 16.4 Å². The summed E-state index contributed by atoms with van der Waals surface area (Å²) in [6.45, 7) is 19.0. The van der Waals surface area contributed by atoms with Crippen LogP contribution in [0.3, 0.4) is 0 Å². The van der Waals surface area contributed by atoms with E-state index in [1.807, 2.05) is 104 Å². The van der Waals surface area contributed by atoms with Crippen molar-refractivity contribution in [2.45, 2.75) is 110 Å². The van der Waals surface area contributed by atoms with Crippen LogP contribution in [0, 0.1) is 47.8 Å². The summed E-state index contributed by atoms with van der Waals surface area (Å²) < 4.78 is 22.6. The fourth-order valence-electron chi connectivity index (χ4n) is 11.0. The Morgan fingerprint density at radius 2 is 1.01 bits per heavy atom. The second-order valence-corrected chi connectivity index (χ2v) is 25.9. The number of benzene rings is 3. The highest BCUT2D eigenvalue weighted by atomic mass is 16.5. The molecule has 9 aromatic heterocycles. The standard InChI is InChI=1S/C29H30N6O2.C24H22N8O.C23H19N5O2.5H2/c1-19-28(34-25(17-32-19)22-8-11-31-27(14-22)29(2,3)18-30)26-15-24(35-37-26)21-6-4-20(5-7-21)16-33-23-9-12-36-13-10-23;1-24(2,13-25)19-10-15(6-8-28-19)18-12-29-21(26)20(30-18)23-32-31-22(33-23)16-3-4-17-11-27-7-5-14(17)9-16;1-14-22(20-11-18(28-30-20)15-4-6-17(29)7-5-15)27-19(12-26-14)16-8-9-25-21(10-16)23(2,3)13-24;;;;;/h4-8,11,14-15,17,23,33H,9-10,12-13,16H2,1-3H3;3-4,6,8-10,12,27H,5,7,11H2,1-2H3,(H2,26,29);4-12,29H,1-3H3;5*1H. The number of phenolic OH excluding ortho intramolecular Hbond substituents is 1. The summed E-state index contributed by atoms with van der Waals surface area (Å²) in [5.74, 6) is 2.03. The molecule has 5 N–H and O–H groups in total. The van der Waals surface area contributed by atoms with Crippen LogP contribution in [0.2, 0.25) is 0 Å².